The third-order valence-corrected chi connectivity index (χ3v) is 1.80. The second kappa shape index (κ2) is 3.51. The van der Waals surface area contributed by atoms with Gasteiger partial charge in [0.1, 0.15) is 12.1 Å². The maximum atomic E-state index is 10.8. The number of nitrogens with two attached hydrogens (primary N) is 2. The Morgan fingerprint density at radius 1 is 1.00 bits per heavy atom. The van der Waals surface area contributed by atoms with Crippen LogP contribution in [0.4, 0.5) is 0 Å². The summed E-state index contributed by atoms with van der Waals surface area (Å²) in [6.07, 6.45) is 0. The van der Waals surface area contributed by atoms with Crippen LogP contribution in [0, 0.1) is 0 Å². The van der Waals surface area contributed by atoms with Gasteiger partial charge in [-0.3, -0.25) is 9.59 Å². The molecule has 0 bridgehead atoms. The molecule has 1 saturated heterocycles. The van der Waals surface area contributed by atoms with Gasteiger partial charge in [-0.15, -0.1) is 0 Å². The summed E-state index contributed by atoms with van der Waals surface area (Å²) in [5.74, 6) is -1.13. The number of carbonyl (C=O) groups excluding carboxylic acids is 2. The number of primary amides is 2. The summed E-state index contributed by atoms with van der Waals surface area (Å²) in [6.45, 7) is 1.22. The van der Waals surface area contributed by atoms with Crippen LogP contribution in [0.1, 0.15) is 0 Å². The van der Waals surface area contributed by atoms with Crippen LogP contribution in [0.3, 0.4) is 0 Å². The number of rotatable bonds is 2. The van der Waals surface area contributed by atoms with Gasteiger partial charge in [0.15, 0.2) is 0 Å². The molecule has 6 N–H and O–H groups in total. The molecule has 1 aliphatic heterocycles. The second-order valence-electron chi connectivity index (χ2n) is 2.67. The molecule has 1 fully saturated rings. The van der Waals surface area contributed by atoms with Crippen molar-refractivity contribution < 1.29 is 9.59 Å². The zero-order valence-corrected chi connectivity index (χ0v) is 6.54. The van der Waals surface area contributed by atoms with Crippen LogP contribution in [-0.2, 0) is 9.59 Å². The fraction of sp³-hybridized carbons (Fsp3) is 0.667. The summed E-state index contributed by atoms with van der Waals surface area (Å²) in [7, 11) is 0. The van der Waals surface area contributed by atoms with E-state index in [-0.39, 0.29) is 0 Å². The van der Waals surface area contributed by atoms with Crippen LogP contribution in [0.25, 0.3) is 0 Å². The molecule has 0 aliphatic carbocycles. The summed E-state index contributed by atoms with van der Waals surface area (Å²) < 4.78 is 0. The molecule has 12 heavy (non-hydrogen) atoms. The van der Waals surface area contributed by atoms with Gasteiger partial charge in [-0.05, 0) is 0 Å². The van der Waals surface area contributed by atoms with Crippen LogP contribution < -0.4 is 22.1 Å². The smallest absolute Gasteiger partial charge is 0.236 e. The van der Waals surface area contributed by atoms with Gasteiger partial charge in [-0.25, -0.2) is 0 Å². The molecule has 0 spiro atoms. The summed E-state index contributed by atoms with van der Waals surface area (Å²) in [6, 6.07) is -1.37. The highest BCUT2D eigenvalue weighted by atomic mass is 16.2. The monoisotopic (exact) mass is 172 g/mol. The van der Waals surface area contributed by atoms with Gasteiger partial charge in [0.2, 0.25) is 11.8 Å². The predicted molar refractivity (Wildman–Crippen MR) is 42.0 cm³/mol. The van der Waals surface area contributed by atoms with Crippen molar-refractivity contribution in [1.29, 1.82) is 0 Å². The molecule has 68 valence electrons. The quantitative estimate of drug-likeness (QED) is 0.353. The van der Waals surface area contributed by atoms with E-state index in [0.717, 1.165) is 0 Å². The second-order valence-corrected chi connectivity index (χ2v) is 2.67. The standard InChI is InChI=1S/C6H12N4O2/c7-5(11)3-4(6(8)12)10-2-1-9-3/h3-4,9-10H,1-2H2,(H2,7,11)(H2,8,12). The van der Waals surface area contributed by atoms with Gasteiger partial charge in [-0.1, -0.05) is 0 Å². The predicted octanol–water partition coefficient (Wildman–Crippen LogP) is -3.11. The van der Waals surface area contributed by atoms with Crippen molar-refractivity contribution in [2.75, 3.05) is 13.1 Å². The molecule has 0 aromatic rings. The number of piperazine rings is 1. The van der Waals surface area contributed by atoms with Crippen LogP contribution in [0.15, 0.2) is 0 Å². The SMILES string of the molecule is NC(=O)C1NCCNC1C(N)=O. The number of amides is 2. The fourth-order valence-corrected chi connectivity index (χ4v) is 1.22. The van der Waals surface area contributed by atoms with Crippen molar-refractivity contribution in [3.8, 4) is 0 Å². The third-order valence-electron chi connectivity index (χ3n) is 1.80. The maximum Gasteiger partial charge on any atom is 0.236 e. The zero-order valence-electron chi connectivity index (χ0n) is 6.54. The van der Waals surface area contributed by atoms with Crippen LogP contribution in [-0.4, -0.2) is 37.0 Å². The zero-order chi connectivity index (χ0) is 9.14. The Morgan fingerprint density at radius 3 is 1.58 bits per heavy atom. The largest absolute Gasteiger partial charge is 0.368 e. The van der Waals surface area contributed by atoms with Crippen molar-refractivity contribution in [1.82, 2.24) is 10.6 Å². The number of hydrogen-bond acceptors (Lipinski definition) is 4. The molecule has 1 aliphatic rings. The lowest BCUT2D eigenvalue weighted by atomic mass is 10.1. The highest BCUT2D eigenvalue weighted by Gasteiger charge is 2.32. The normalized spacial score (nSPS) is 29.7. The van der Waals surface area contributed by atoms with E-state index >= 15 is 0 Å². The lowest BCUT2D eigenvalue weighted by Gasteiger charge is -2.28. The Hall–Kier alpha value is -1.14. The lowest BCUT2D eigenvalue weighted by Crippen LogP contribution is -2.65. The van der Waals surface area contributed by atoms with E-state index in [2.05, 4.69) is 10.6 Å². The number of hydrogen-bond donors (Lipinski definition) is 4. The lowest BCUT2D eigenvalue weighted by molar-refractivity contribution is -0.127. The molecule has 0 aromatic heterocycles. The van der Waals surface area contributed by atoms with E-state index in [1.807, 2.05) is 0 Å². The number of nitrogens with one attached hydrogen (secondary N) is 2. The highest BCUT2D eigenvalue weighted by Crippen LogP contribution is 1.96. The molecule has 1 heterocycles. The maximum absolute atomic E-state index is 10.8. The summed E-state index contributed by atoms with van der Waals surface area (Å²) in [5, 5.41) is 5.62. The first-order valence-corrected chi connectivity index (χ1v) is 3.68. The van der Waals surface area contributed by atoms with E-state index < -0.39 is 23.9 Å². The van der Waals surface area contributed by atoms with Crippen molar-refractivity contribution in [2.24, 2.45) is 11.5 Å². The molecule has 2 atom stereocenters. The molecular weight excluding hydrogens is 160 g/mol. The van der Waals surface area contributed by atoms with Gasteiger partial charge in [0.05, 0.1) is 0 Å². The fourth-order valence-electron chi connectivity index (χ4n) is 1.22. The molecule has 0 aromatic carbocycles. The summed E-state index contributed by atoms with van der Waals surface area (Å²) in [5.41, 5.74) is 10.1. The van der Waals surface area contributed by atoms with E-state index in [1.165, 1.54) is 0 Å². The van der Waals surface area contributed by atoms with Gasteiger partial charge in [-0.2, -0.15) is 0 Å². The van der Waals surface area contributed by atoms with Crippen molar-refractivity contribution in [3.63, 3.8) is 0 Å². The third kappa shape index (κ3) is 1.72. The minimum atomic E-state index is -0.684. The Morgan fingerprint density at radius 2 is 1.33 bits per heavy atom. The molecule has 0 radical (unpaired) electrons. The highest BCUT2D eigenvalue weighted by molar-refractivity contribution is 5.91. The topological polar surface area (TPSA) is 110 Å². The Bertz CT molecular complexity index is 184. The average Bonchev–Trinajstić information content (AvgIpc) is 2.04. The average molecular weight is 172 g/mol. The van der Waals surface area contributed by atoms with Crippen molar-refractivity contribution in [3.05, 3.63) is 0 Å². The van der Waals surface area contributed by atoms with Gasteiger partial charge < -0.3 is 22.1 Å². The van der Waals surface area contributed by atoms with Crippen molar-refractivity contribution >= 4 is 11.8 Å². The minimum absolute atomic E-state index is 0.564. The summed E-state index contributed by atoms with van der Waals surface area (Å²) in [4.78, 5) is 21.6. The first kappa shape index (κ1) is 8.95. The van der Waals surface area contributed by atoms with Crippen LogP contribution in [0.5, 0.6) is 0 Å². The van der Waals surface area contributed by atoms with Gasteiger partial charge >= 0.3 is 0 Å². The van der Waals surface area contributed by atoms with E-state index in [0.29, 0.717) is 13.1 Å². The van der Waals surface area contributed by atoms with Crippen LogP contribution >= 0.6 is 0 Å². The van der Waals surface area contributed by atoms with Crippen LogP contribution in [0.2, 0.25) is 0 Å². The first-order valence-electron chi connectivity index (χ1n) is 3.68. The minimum Gasteiger partial charge on any atom is -0.368 e. The Balaban J connectivity index is 2.67. The molecule has 2 unspecified atom stereocenters. The Kier molecular flexibility index (Phi) is 2.61. The first-order chi connectivity index (χ1) is 5.63. The van der Waals surface area contributed by atoms with E-state index in [4.69, 9.17) is 11.5 Å². The van der Waals surface area contributed by atoms with E-state index in [9.17, 15) is 9.59 Å². The van der Waals surface area contributed by atoms with Crippen molar-refractivity contribution in [2.45, 2.75) is 12.1 Å². The molecule has 2 amide bonds. The Labute approximate surface area is 69.7 Å². The van der Waals surface area contributed by atoms with E-state index in [1.54, 1.807) is 0 Å². The molecule has 1 rings (SSSR count). The molecule has 6 heteroatoms. The molecule has 6 nitrogen and oxygen atoms in total. The molecule has 0 saturated carbocycles. The van der Waals surface area contributed by atoms with Gasteiger partial charge in [0.25, 0.3) is 0 Å². The molecular formula is C6H12N4O2. The van der Waals surface area contributed by atoms with Gasteiger partial charge in [0, 0.05) is 13.1 Å². The number of carbonyl (C=O) groups is 2. The summed E-state index contributed by atoms with van der Waals surface area (Å²) >= 11 is 0.